The molecule has 90 valence electrons. The summed E-state index contributed by atoms with van der Waals surface area (Å²) < 4.78 is 106. The Bertz CT molecular complexity index is 230. The molecule has 0 aromatic carbocycles. The highest BCUT2D eigenvalue weighted by Crippen LogP contribution is 2.50. The number of allylic oxidation sites excluding steroid dienone is 1. The van der Waals surface area contributed by atoms with Crippen LogP contribution in [0.25, 0.3) is 0 Å². The van der Waals surface area contributed by atoms with Crippen LogP contribution in [0, 0.1) is 5.92 Å². The lowest BCUT2D eigenvalue weighted by Crippen LogP contribution is -2.49. The van der Waals surface area contributed by atoms with Gasteiger partial charge in [0.2, 0.25) is 5.92 Å². The molecular formula is C6H3F9. The number of hydrogen-bond donors (Lipinski definition) is 0. The van der Waals surface area contributed by atoms with Crippen LogP contribution in [-0.2, 0) is 0 Å². The molecular weight excluding hydrogens is 243 g/mol. The summed E-state index contributed by atoms with van der Waals surface area (Å²) >= 11 is 0. The van der Waals surface area contributed by atoms with Crippen molar-refractivity contribution in [3.05, 3.63) is 12.4 Å². The highest BCUT2D eigenvalue weighted by atomic mass is 19.4. The highest BCUT2D eigenvalue weighted by Gasteiger charge is 2.70. The summed E-state index contributed by atoms with van der Waals surface area (Å²) in [6.45, 7) is 1.76. The van der Waals surface area contributed by atoms with Gasteiger partial charge in [-0.2, -0.15) is 35.1 Å². The van der Waals surface area contributed by atoms with E-state index in [2.05, 4.69) is 0 Å². The van der Waals surface area contributed by atoms with E-state index in [1.54, 1.807) is 6.58 Å². The number of hydrogen-bond acceptors (Lipinski definition) is 0. The number of alkyl halides is 8. The average Bonchev–Trinajstić information content (AvgIpc) is 1.76. The largest absolute Gasteiger partial charge is 0.406 e. The molecule has 15 heavy (non-hydrogen) atoms. The Labute approximate surface area is 77.4 Å². The van der Waals surface area contributed by atoms with Gasteiger partial charge in [0.1, 0.15) is 0 Å². The zero-order valence-electron chi connectivity index (χ0n) is 6.69. The maximum Gasteiger partial charge on any atom is 0.406 e. The molecule has 0 heterocycles. The Kier molecular flexibility index (Phi) is 3.39. The van der Waals surface area contributed by atoms with Gasteiger partial charge in [-0.05, 0) is 0 Å². The second-order valence-electron chi connectivity index (χ2n) is 2.54. The van der Waals surface area contributed by atoms with Gasteiger partial charge in [0.15, 0.2) is 5.83 Å². The predicted octanol–water partition coefficient (Wildman–Crippen LogP) is 3.85. The van der Waals surface area contributed by atoms with E-state index < -0.39 is 30.0 Å². The van der Waals surface area contributed by atoms with E-state index in [-0.39, 0.29) is 0 Å². The van der Waals surface area contributed by atoms with Crippen LogP contribution >= 0.6 is 0 Å². The summed E-state index contributed by atoms with van der Waals surface area (Å²) in [6.07, 6.45) is -12.6. The van der Waals surface area contributed by atoms with E-state index in [1.807, 2.05) is 0 Å². The maximum atomic E-state index is 12.3. The summed E-state index contributed by atoms with van der Waals surface area (Å²) in [6, 6.07) is 0. The molecule has 0 nitrogen and oxygen atoms in total. The molecule has 0 bridgehead atoms. The third-order valence-electron chi connectivity index (χ3n) is 1.38. The van der Waals surface area contributed by atoms with Gasteiger partial charge in [-0.25, -0.2) is 4.39 Å². The third kappa shape index (κ3) is 3.03. The van der Waals surface area contributed by atoms with Gasteiger partial charge in [-0.1, -0.05) is 6.58 Å². The summed E-state index contributed by atoms with van der Waals surface area (Å²) in [5, 5.41) is 0. The molecule has 0 aliphatic rings. The molecule has 0 N–H and O–H groups in total. The van der Waals surface area contributed by atoms with Crippen molar-refractivity contribution < 1.29 is 39.5 Å². The summed E-state index contributed by atoms with van der Waals surface area (Å²) in [4.78, 5) is 0. The van der Waals surface area contributed by atoms with Crippen molar-refractivity contribution in [2.24, 2.45) is 5.92 Å². The number of rotatable bonds is 2. The van der Waals surface area contributed by atoms with Gasteiger partial charge in [0.25, 0.3) is 0 Å². The van der Waals surface area contributed by atoms with Crippen LogP contribution in [0.5, 0.6) is 0 Å². The monoisotopic (exact) mass is 246 g/mol. The van der Waals surface area contributed by atoms with Crippen molar-refractivity contribution in [1.82, 2.24) is 0 Å². The second-order valence-corrected chi connectivity index (χ2v) is 2.54. The predicted molar refractivity (Wildman–Crippen MR) is 30.8 cm³/mol. The van der Waals surface area contributed by atoms with E-state index in [0.29, 0.717) is 0 Å². The molecule has 0 aromatic rings. The Balaban J connectivity index is 5.43. The molecule has 0 aliphatic heterocycles. The standard InChI is InChI=1S/C6H3F9/c1-2(7)4(8,9)3(5(10,11)12)6(13,14)15/h3H,1H2. The summed E-state index contributed by atoms with van der Waals surface area (Å²) in [5.41, 5.74) is 0. The van der Waals surface area contributed by atoms with Gasteiger partial charge >= 0.3 is 18.3 Å². The van der Waals surface area contributed by atoms with Crippen LogP contribution < -0.4 is 0 Å². The first kappa shape index (κ1) is 14.1. The van der Waals surface area contributed by atoms with Gasteiger partial charge in [-0.3, -0.25) is 0 Å². The minimum Gasteiger partial charge on any atom is -0.206 e. The van der Waals surface area contributed by atoms with Crippen molar-refractivity contribution in [1.29, 1.82) is 0 Å². The molecule has 0 radical (unpaired) electrons. The molecule has 0 saturated heterocycles. The molecule has 0 spiro atoms. The van der Waals surface area contributed by atoms with Gasteiger partial charge < -0.3 is 0 Å². The minimum absolute atomic E-state index is 1.76. The van der Waals surface area contributed by atoms with Crippen molar-refractivity contribution >= 4 is 0 Å². The lowest BCUT2D eigenvalue weighted by molar-refractivity contribution is -0.332. The fourth-order valence-corrected chi connectivity index (χ4v) is 0.753. The highest BCUT2D eigenvalue weighted by molar-refractivity contribution is 5.05. The quantitative estimate of drug-likeness (QED) is 0.649. The minimum atomic E-state index is -6.31. The van der Waals surface area contributed by atoms with Crippen LogP contribution in [0.2, 0.25) is 0 Å². The maximum absolute atomic E-state index is 12.3. The first-order valence-electron chi connectivity index (χ1n) is 3.17. The molecule has 0 fully saturated rings. The Morgan fingerprint density at radius 1 is 0.800 bits per heavy atom. The van der Waals surface area contributed by atoms with Crippen LogP contribution in [0.15, 0.2) is 12.4 Å². The molecule has 0 amide bonds. The van der Waals surface area contributed by atoms with Crippen LogP contribution in [-0.4, -0.2) is 18.3 Å². The average molecular weight is 246 g/mol. The molecule has 0 saturated carbocycles. The van der Waals surface area contributed by atoms with E-state index in [1.165, 1.54) is 0 Å². The van der Waals surface area contributed by atoms with E-state index in [0.717, 1.165) is 0 Å². The van der Waals surface area contributed by atoms with E-state index >= 15 is 0 Å². The topological polar surface area (TPSA) is 0 Å². The third-order valence-corrected chi connectivity index (χ3v) is 1.38. The fraction of sp³-hybridized carbons (Fsp3) is 0.667. The Morgan fingerprint density at radius 2 is 1.07 bits per heavy atom. The van der Waals surface area contributed by atoms with Crippen molar-refractivity contribution in [2.75, 3.05) is 0 Å². The Morgan fingerprint density at radius 3 is 1.13 bits per heavy atom. The van der Waals surface area contributed by atoms with Gasteiger partial charge in [0.05, 0.1) is 0 Å². The summed E-state index contributed by atoms with van der Waals surface area (Å²) in [5.74, 6) is -13.8. The normalized spacial score (nSPS) is 14.5. The lowest BCUT2D eigenvalue weighted by atomic mass is 9.99. The number of halogens is 9. The molecule has 0 atom stereocenters. The molecule has 0 rings (SSSR count). The van der Waals surface area contributed by atoms with Crippen LogP contribution in [0.3, 0.4) is 0 Å². The van der Waals surface area contributed by atoms with E-state index in [4.69, 9.17) is 0 Å². The second kappa shape index (κ2) is 3.60. The van der Waals surface area contributed by atoms with Crippen molar-refractivity contribution in [3.63, 3.8) is 0 Å². The van der Waals surface area contributed by atoms with Crippen molar-refractivity contribution in [3.8, 4) is 0 Å². The van der Waals surface area contributed by atoms with Crippen LogP contribution in [0.1, 0.15) is 0 Å². The van der Waals surface area contributed by atoms with Crippen molar-refractivity contribution in [2.45, 2.75) is 18.3 Å². The lowest BCUT2D eigenvalue weighted by Gasteiger charge is -2.28. The van der Waals surface area contributed by atoms with Gasteiger partial charge in [-0.15, -0.1) is 0 Å². The zero-order chi connectivity index (χ0) is 12.7. The SMILES string of the molecule is C=C(F)C(F)(F)C(C(F)(F)F)C(F)(F)F. The first-order valence-corrected chi connectivity index (χ1v) is 3.17. The van der Waals surface area contributed by atoms with Crippen LogP contribution in [0.4, 0.5) is 39.5 Å². The zero-order valence-corrected chi connectivity index (χ0v) is 6.69. The first-order chi connectivity index (χ1) is 6.31. The fourth-order valence-electron chi connectivity index (χ4n) is 0.753. The van der Waals surface area contributed by atoms with Gasteiger partial charge in [0, 0.05) is 0 Å². The molecule has 0 aromatic heterocycles. The van der Waals surface area contributed by atoms with E-state index in [9.17, 15) is 39.5 Å². The Hall–Kier alpha value is -0.890. The molecule has 9 heteroatoms. The smallest absolute Gasteiger partial charge is 0.206 e. The molecule has 0 unspecified atom stereocenters. The molecule has 0 aliphatic carbocycles. The summed E-state index contributed by atoms with van der Waals surface area (Å²) in [7, 11) is 0.